The van der Waals surface area contributed by atoms with Gasteiger partial charge in [-0.05, 0) is 141 Å². The molecule has 512 valence electrons. The highest BCUT2D eigenvalue weighted by molar-refractivity contribution is 7.47. The van der Waals surface area contributed by atoms with Crippen molar-refractivity contribution in [2.24, 2.45) is 0 Å². The second-order valence-corrected chi connectivity index (χ2v) is 24.0. The summed E-state index contributed by atoms with van der Waals surface area (Å²) in [5.41, 5.74) is 0. The summed E-state index contributed by atoms with van der Waals surface area (Å²) in [5, 5.41) is 20.5. The SMILES string of the molecule is CC/C=C\C/C=C\C/C=C\C/C=C\C/C=C\C/C=C\CCCCC(=O)OCC(O)COP(=O)(O)OCC(O)COP(=O)(O)OCC(COC(=O)CC/C=C\C/C=C\C/C=C\C/C=C\C/C=C\C/C=C\CC)OC(=O)CCCCCCC/C=C\C/C=C\C/C=C\CC. The number of hydrogen-bond acceptors (Lipinski definition) is 14. The van der Waals surface area contributed by atoms with Crippen molar-refractivity contribution < 1.29 is 75.8 Å². The molecule has 16 nitrogen and oxygen atoms in total. The second kappa shape index (κ2) is 64.7. The van der Waals surface area contributed by atoms with Crippen LogP contribution in [0.25, 0.3) is 0 Å². The standard InChI is InChI=1S/C73H114O16P2/c1-4-7-10-13-16-19-22-25-28-30-32-33-35-37-39-41-44-47-50-53-56-59-71(76)83-62-68(74)63-85-90(79,80)86-64-69(75)65-87-91(81,82)88-67-70(89-73(78)61-58-55-52-49-46-43-38-27-24-21-18-15-12-9-6-3)66-84-72(77)60-57-54-51-48-45-42-40-36-34-31-29-26-23-20-17-14-11-8-5-2/h7-12,16-21,25-29,32-34,36-39,42,44-45,47,51,54,68-70,74-75H,4-6,13-15,22-24,30-31,35,40-41,43,46,48-50,52-53,55-67H2,1-3H3,(H,79,80)(H,81,82)/b10-7-,11-8-,12-9-,19-16-,20-17-,21-18-,28-25-,29-26-,33-32-,36-34-,38-27-,39-37-,45-42-,47-44-,54-51-. The van der Waals surface area contributed by atoms with E-state index in [9.17, 15) is 43.5 Å². The molecule has 0 bridgehead atoms. The number of carbonyl (C=O) groups is 3. The maximum Gasteiger partial charge on any atom is 0.472 e. The highest BCUT2D eigenvalue weighted by Gasteiger charge is 2.29. The number of aliphatic hydroxyl groups is 2. The molecule has 5 unspecified atom stereocenters. The van der Waals surface area contributed by atoms with Crippen molar-refractivity contribution in [2.45, 2.75) is 219 Å². The summed E-state index contributed by atoms with van der Waals surface area (Å²) < 4.78 is 60.7. The minimum atomic E-state index is -4.96. The van der Waals surface area contributed by atoms with Crippen molar-refractivity contribution in [2.75, 3.05) is 39.6 Å². The maximum atomic E-state index is 12.9. The number of carbonyl (C=O) groups excluding carboxylic acids is 3. The number of aliphatic hydroxyl groups excluding tert-OH is 2. The van der Waals surface area contributed by atoms with Crippen LogP contribution in [-0.2, 0) is 55.8 Å². The highest BCUT2D eigenvalue weighted by atomic mass is 31.2. The maximum absolute atomic E-state index is 12.9. The average molecular weight is 1310 g/mol. The Morgan fingerprint density at radius 1 is 0.308 bits per heavy atom. The van der Waals surface area contributed by atoms with Crippen LogP contribution in [-0.4, -0.2) is 95.9 Å². The number of esters is 3. The molecule has 0 radical (unpaired) electrons. The van der Waals surface area contributed by atoms with Gasteiger partial charge in [-0.2, -0.15) is 0 Å². The van der Waals surface area contributed by atoms with E-state index < -0.39 is 91.5 Å². The lowest BCUT2D eigenvalue weighted by molar-refractivity contribution is -0.161. The van der Waals surface area contributed by atoms with Crippen LogP contribution < -0.4 is 0 Å². The molecule has 18 heteroatoms. The van der Waals surface area contributed by atoms with Crippen LogP contribution >= 0.6 is 15.6 Å². The van der Waals surface area contributed by atoms with Crippen LogP contribution in [0.2, 0.25) is 0 Å². The van der Waals surface area contributed by atoms with Crippen LogP contribution in [0.15, 0.2) is 182 Å². The molecule has 0 aromatic heterocycles. The monoisotopic (exact) mass is 1310 g/mol. The third-order valence-corrected chi connectivity index (χ3v) is 14.5. The first-order valence-electron chi connectivity index (χ1n) is 33.1. The zero-order valence-electron chi connectivity index (χ0n) is 55.2. The lowest BCUT2D eigenvalue weighted by Crippen LogP contribution is -2.30. The molecular weight excluding hydrogens is 1190 g/mol. The zero-order chi connectivity index (χ0) is 66.7. The molecule has 4 N–H and O–H groups in total. The summed E-state index contributed by atoms with van der Waals surface area (Å²) in [6.07, 6.45) is 81.1. The van der Waals surface area contributed by atoms with E-state index in [0.29, 0.717) is 25.7 Å². The number of hydrogen-bond donors (Lipinski definition) is 4. The molecule has 0 spiro atoms. The van der Waals surface area contributed by atoms with Crippen molar-refractivity contribution in [3.05, 3.63) is 182 Å². The van der Waals surface area contributed by atoms with Gasteiger partial charge in [-0.1, -0.05) is 222 Å². The molecule has 5 atom stereocenters. The molecule has 0 aliphatic heterocycles. The Hall–Kier alpha value is -5.35. The Kier molecular flexibility index (Phi) is 60.9. The predicted octanol–water partition coefficient (Wildman–Crippen LogP) is 18.3. The van der Waals surface area contributed by atoms with Crippen molar-refractivity contribution in [3.8, 4) is 0 Å². The Balaban J connectivity index is 4.82. The van der Waals surface area contributed by atoms with Gasteiger partial charge in [-0.25, -0.2) is 9.13 Å². The smallest absolute Gasteiger partial charge is 0.463 e. The molecule has 0 saturated carbocycles. The van der Waals surface area contributed by atoms with Crippen LogP contribution in [0.3, 0.4) is 0 Å². The molecule has 0 saturated heterocycles. The number of rotatable bonds is 60. The molecule has 0 fully saturated rings. The van der Waals surface area contributed by atoms with Gasteiger partial charge in [0.15, 0.2) is 6.10 Å². The van der Waals surface area contributed by atoms with Gasteiger partial charge in [0.2, 0.25) is 0 Å². The fourth-order valence-electron chi connectivity index (χ4n) is 7.67. The number of unbranched alkanes of at least 4 members (excludes halogenated alkanes) is 7. The van der Waals surface area contributed by atoms with Crippen LogP contribution in [0.5, 0.6) is 0 Å². The van der Waals surface area contributed by atoms with Gasteiger partial charge >= 0.3 is 33.6 Å². The molecule has 0 aliphatic carbocycles. The average Bonchev–Trinajstić information content (AvgIpc) is 3.09. The molecular formula is C73H114O16P2. The van der Waals surface area contributed by atoms with E-state index >= 15 is 0 Å². The van der Waals surface area contributed by atoms with Crippen molar-refractivity contribution in [1.29, 1.82) is 0 Å². The van der Waals surface area contributed by atoms with Crippen LogP contribution in [0.1, 0.15) is 201 Å². The van der Waals surface area contributed by atoms with Crippen LogP contribution in [0, 0.1) is 0 Å². The summed E-state index contributed by atoms with van der Waals surface area (Å²) >= 11 is 0. The normalized spacial score (nSPS) is 15.4. The van der Waals surface area contributed by atoms with Gasteiger partial charge in [0, 0.05) is 19.3 Å². The summed E-state index contributed by atoms with van der Waals surface area (Å²) in [7, 11) is -9.83. The van der Waals surface area contributed by atoms with E-state index in [-0.39, 0.29) is 19.3 Å². The lowest BCUT2D eigenvalue weighted by atomic mass is 10.1. The Labute approximate surface area is 547 Å². The summed E-state index contributed by atoms with van der Waals surface area (Å²) in [4.78, 5) is 58.3. The number of allylic oxidation sites excluding steroid dienone is 30. The van der Waals surface area contributed by atoms with E-state index in [2.05, 4.69) is 185 Å². The molecule has 0 heterocycles. The second-order valence-electron chi connectivity index (χ2n) is 21.1. The van der Waals surface area contributed by atoms with Gasteiger partial charge in [-0.3, -0.25) is 32.5 Å². The molecule has 0 aliphatic rings. The van der Waals surface area contributed by atoms with Gasteiger partial charge in [0.05, 0.1) is 26.4 Å². The number of ether oxygens (including phenoxy) is 3. The first-order valence-corrected chi connectivity index (χ1v) is 36.1. The molecule has 0 rings (SSSR count). The van der Waals surface area contributed by atoms with E-state index in [1.54, 1.807) is 0 Å². The lowest BCUT2D eigenvalue weighted by Gasteiger charge is -2.21. The fraction of sp³-hybridized carbons (Fsp3) is 0.548. The highest BCUT2D eigenvalue weighted by Crippen LogP contribution is 2.45. The van der Waals surface area contributed by atoms with Crippen molar-refractivity contribution in [1.82, 2.24) is 0 Å². The summed E-state index contributed by atoms with van der Waals surface area (Å²) in [6.45, 7) is 2.11. The Morgan fingerprint density at radius 2 is 0.571 bits per heavy atom. The van der Waals surface area contributed by atoms with Gasteiger partial charge in [0.25, 0.3) is 0 Å². The van der Waals surface area contributed by atoms with E-state index in [1.807, 2.05) is 18.2 Å². The molecule has 91 heavy (non-hydrogen) atoms. The number of phosphoric ester groups is 2. The summed E-state index contributed by atoms with van der Waals surface area (Å²) in [5.74, 6) is -1.76. The fourth-order valence-corrected chi connectivity index (χ4v) is 9.25. The van der Waals surface area contributed by atoms with Gasteiger partial charge < -0.3 is 34.2 Å². The number of phosphoric acid groups is 2. The van der Waals surface area contributed by atoms with Crippen molar-refractivity contribution in [3.63, 3.8) is 0 Å². The summed E-state index contributed by atoms with van der Waals surface area (Å²) in [6, 6.07) is 0. The Bertz CT molecular complexity index is 2390. The van der Waals surface area contributed by atoms with E-state index in [0.717, 1.165) is 135 Å². The van der Waals surface area contributed by atoms with Gasteiger partial charge in [0.1, 0.15) is 25.4 Å². The molecule has 0 amide bonds. The topological polar surface area (TPSA) is 231 Å². The van der Waals surface area contributed by atoms with Crippen molar-refractivity contribution >= 4 is 33.6 Å². The minimum Gasteiger partial charge on any atom is -0.463 e. The molecule has 0 aromatic rings. The first kappa shape index (κ1) is 85.7. The van der Waals surface area contributed by atoms with Crippen LogP contribution in [0.4, 0.5) is 0 Å². The Morgan fingerprint density at radius 3 is 0.956 bits per heavy atom. The van der Waals surface area contributed by atoms with Gasteiger partial charge in [-0.15, -0.1) is 0 Å². The van der Waals surface area contributed by atoms with E-state index in [1.165, 1.54) is 0 Å². The molecule has 0 aromatic carbocycles. The zero-order valence-corrected chi connectivity index (χ0v) is 57.0. The third kappa shape index (κ3) is 65.9. The first-order chi connectivity index (χ1) is 44.2. The quantitative estimate of drug-likeness (QED) is 0.0146. The minimum absolute atomic E-state index is 0.0323. The largest absolute Gasteiger partial charge is 0.472 e. The third-order valence-electron chi connectivity index (χ3n) is 12.6. The van der Waals surface area contributed by atoms with E-state index in [4.69, 9.17) is 32.3 Å². The predicted molar refractivity (Wildman–Crippen MR) is 371 cm³/mol.